The molecule has 3 aromatic rings. The molecule has 1 aliphatic rings. The number of hydrogen-bond donors (Lipinski definition) is 1. The van der Waals surface area contributed by atoms with Crippen molar-refractivity contribution in [3.05, 3.63) is 83.6 Å². The molecule has 0 fully saturated rings. The van der Waals surface area contributed by atoms with Crippen molar-refractivity contribution >= 4 is 5.69 Å². The number of fused-ring (bicyclic) bond motifs is 1. The first kappa shape index (κ1) is 17.4. The van der Waals surface area contributed by atoms with Crippen molar-refractivity contribution in [1.82, 2.24) is 14.9 Å². The minimum absolute atomic E-state index is 0.162. The molecule has 0 bridgehead atoms. The zero-order valence-corrected chi connectivity index (χ0v) is 14.9. The maximum absolute atomic E-state index is 14.0. The van der Waals surface area contributed by atoms with Gasteiger partial charge in [0.05, 0.1) is 11.9 Å². The molecule has 5 nitrogen and oxygen atoms in total. The first-order valence-electron chi connectivity index (χ1n) is 8.98. The highest BCUT2D eigenvalue weighted by atomic mass is 19.1. The van der Waals surface area contributed by atoms with E-state index in [2.05, 4.69) is 20.2 Å². The number of benzene rings is 1. The molecule has 0 amide bonds. The van der Waals surface area contributed by atoms with Gasteiger partial charge in [-0.1, -0.05) is 24.3 Å². The van der Waals surface area contributed by atoms with Gasteiger partial charge in [-0.3, -0.25) is 9.88 Å². The summed E-state index contributed by atoms with van der Waals surface area (Å²) in [5, 5.41) is 3.39. The third-order valence-electron chi connectivity index (χ3n) is 4.56. The van der Waals surface area contributed by atoms with Gasteiger partial charge in [0.25, 0.3) is 0 Å². The van der Waals surface area contributed by atoms with Crippen LogP contribution in [0.3, 0.4) is 0 Å². The van der Waals surface area contributed by atoms with Gasteiger partial charge in [-0.25, -0.2) is 9.37 Å². The van der Waals surface area contributed by atoms with Crippen LogP contribution in [-0.2, 0) is 19.7 Å². The zero-order chi connectivity index (χ0) is 18.5. The van der Waals surface area contributed by atoms with Gasteiger partial charge in [-0.2, -0.15) is 0 Å². The number of nitrogens with zero attached hydrogens (tertiary/aromatic N) is 3. The summed E-state index contributed by atoms with van der Waals surface area (Å²) in [4.78, 5) is 10.7. The molecule has 0 atom stereocenters. The molecule has 1 aromatic carbocycles. The van der Waals surface area contributed by atoms with Crippen molar-refractivity contribution < 1.29 is 9.13 Å². The molecule has 0 aliphatic carbocycles. The Morgan fingerprint density at radius 2 is 2.07 bits per heavy atom. The van der Waals surface area contributed by atoms with Gasteiger partial charge in [0.15, 0.2) is 0 Å². The molecule has 0 unspecified atom stereocenters. The van der Waals surface area contributed by atoms with E-state index in [1.165, 1.54) is 6.07 Å². The lowest BCUT2D eigenvalue weighted by Crippen LogP contribution is -2.26. The Morgan fingerprint density at radius 3 is 2.93 bits per heavy atom. The van der Waals surface area contributed by atoms with Crippen LogP contribution in [0, 0.1) is 5.82 Å². The molecule has 0 spiro atoms. The van der Waals surface area contributed by atoms with Crippen LogP contribution in [0.4, 0.5) is 10.1 Å². The average Bonchev–Trinajstić information content (AvgIpc) is 2.90. The van der Waals surface area contributed by atoms with Crippen LogP contribution in [0.25, 0.3) is 0 Å². The van der Waals surface area contributed by atoms with Gasteiger partial charge in [0, 0.05) is 55.8 Å². The number of hydrogen-bond acceptors (Lipinski definition) is 5. The highest BCUT2D eigenvalue weighted by molar-refractivity contribution is 5.51. The quantitative estimate of drug-likeness (QED) is 0.749. The monoisotopic (exact) mass is 364 g/mol. The van der Waals surface area contributed by atoms with Crippen molar-refractivity contribution in [2.24, 2.45) is 0 Å². The summed E-state index contributed by atoms with van der Waals surface area (Å²) in [6.45, 7) is 3.32. The predicted octanol–water partition coefficient (Wildman–Crippen LogP) is 3.62. The number of rotatable bonds is 5. The predicted molar refractivity (Wildman–Crippen MR) is 102 cm³/mol. The average molecular weight is 364 g/mol. The van der Waals surface area contributed by atoms with Crippen LogP contribution in [0.15, 0.2) is 61.1 Å². The Labute approximate surface area is 157 Å². The highest BCUT2D eigenvalue weighted by Crippen LogP contribution is 2.24. The van der Waals surface area contributed by atoms with Crippen LogP contribution in [-0.4, -0.2) is 28.0 Å². The molecule has 0 saturated carbocycles. The summed E-state index contributed by atoms with van der Waals surface area (Å²) in [7, 11) is 0. The summed E-state index contributed by atoms with van der Waals surface area (Å²) in [5.41, 5.74) is 3.80. The van der Waals surface area contributed by atoms with Gasteiger partial charge in [-0.05, 0) is 17.7 Å². The fraction of sp³-hybridized carbons (Fsp3) is 0.238. The molecule has 1 aliphatic heterocycles. The maximum atomic E-state index is 14.0. The first-order chi connectivity index (χ1) is 13.3. The highest BCUT2D eigenvalue weighted by Gasteiger charge is 2.17. The van der Waals surface area contributed by atoms with E-state index in [0.717, 1.165) is 29.9 Å². The molecule has 138 valence electrons. The summed E-state index contributed by atoms with van der Waals surface area (Å²) < 4.78 is 19.8. The standard InChI is InChI=1S/C21H21FN4O/c22-19-6-2-1-5-17(19)13-26-9-8-24-20-12-25-21(10-18(20)14-26)27-15-16-4-3-7-23-11-16/h1-7,10-12,24H,8-9,13-15H2. The van der Waals surface area contributed by atoms with Crippen molar-refractivity contribution in [1.29, 1.82) is 0 Å². The van der Waals surface area contributed by atoms with Crippen LogP contribution in [0.2, 0.25) is 0 Å². The Bertz CT molecular complexity index is 904. The number of halogens is 1. The Hall–Kier alpha value is -2.99. The SMILES string of the molecule is Fc1ccccc1CN1CCNc2cnc(OCc3cccnc3)cc2C1. The second-order valence-corrected chi connectivity index (χ2v) is 6.56. The van der Waals surface area contributed by atoms with E-state index in [1.54, 1.807) is 24.7 Å². The third-order valence-corrected chi connectivity index (χ3v) is 4.56. The number of ether oxygens (including phenoxy) is 1. The van der Waals surface area contributed by atoms with Crippen LogP contribution in [0.1, 0.15) is 16.7 Å². The molecule has 2 aromatic heterocycles. The van der Waals surface area contributed by atoms with Gasteiger partial charge in [0.1, 0.15) is 12.4 Å². The normalized spacial score (nSPS) is 14.1. The summed E-state index contributed by atoms with van der Waals surface area (Å²) >= 11 is 0. The van der Waals surface area contributed by atoms with Gasteiger partial charge in [-0.15, -0.1) is 0 Å². The fourth-order valence-electron chi connectivity index (χ4n) is 3.16. The van der Waals surface area contributed by atoms with Crippen molar-refractivity contribution in [2.45, 2.75) is 19.7 Å². The second-order valence-electron chi connectivity index (χ2n) is 6.56. The van der Waals surface area contributed by atoms with Crippen LogP contribution < -0.4 is 10.1 Å². The minimum atomic E-state index is -0.162. The minimum Gasteiger partial charge on any atom is -0.473 e. The Morgan fingerprint density at radius 1 is 1.15 bits per heavy atom. The molecular weight excluding hydrogens is 343 g/mol. The lowest BCUT2D eigenvalue weighted by molar-refractivity contribution is 0.265. The van der Waals surface area contributed by atoms with Gasteiger partial charge < -0.3 is 10.1 Å². The third kappa shape index (κ3) is 4.41. The zero-order valence-electron chi connectivity index (χ0n) is 14.9. The van der Waals surface area contributed by atoms with E-state index in [-0.39, 0.29) is 5.82 Å². The lowest BCUT2D eigenvalue weighted by Gasteiger charge is -2.20. The number of anilines is 1. The summed E-state index contributed by atoms with van der Waals surface area (Å²) in [6.07, 6.45) is 5.32. The smallest absolute Gasteiger partial charge is 0.213 e. The molecule has 0 saturated heterocycles. The largest absolute Gasteiger partial charge is 0.473 e. The maximum Gasteiger partial charge on any atom is 0.213 e. The van der Waals surface area contributed by atoms with E-state index in [1.807, 2.05) is 30.3 Å². The topological polar surface area (TPSA) is 50.3 Å². The molecule has 4 rings (SSSR count). The van der Waals surface area contributed by atoms with Gasteiger partial charge in [0.2, 0.25) is 5.88 Å². The molecule has 3 heterocycles. The molecule has 0 radical (unpaired) electrons. The van der Waals surface area contributed by atoms with E-state index in [0.29, 0.717) is 31.1 Å². The van der Waals surface area contributed by atoms with E-state index >= 15 is 0 Å². The summed E-state index contributed by atoms with van der Waals surface area (Å²) in [6, 6.07) is 12.7. The Kier molecular flexibility index (Phi) is 5.25. The van der Waals surface area contributed by atoms with Crippen molar-refractivity contribution in [3.63, 3.8) is 0 Å². The van der Waals surface area contributed by atoms with E-state index in [9.17, 15) is 4.39 Å². The van der Waals surface area contributed by atoms with E-state index in [4.69, 9.17) is 4.74 Å². The fourth-order valence-corrected chi connectivity index (χ4v) is 3.16. The lowest BCUT2D eigenvalue weighted by atomic mass is 10.1. The summed E-state index contributed by atoms with van der Waals surface area (Å²) in [5.74, 6) is 0.414. The van der Waals surface area contributed by atoms with Crippen molar-refractivity contribution in [3.8, 4) is 5.88 Å². The number of nitrogens with one attached hydrogen (secondary N) is 1. The van der Waals surface area contributed by atoms with Gasteiger partial charge >= 0.3 is 0 Å². The Balaban J connectivity index is 1.47. The second kappa shape index (κ2) is 8.14. The molecule has 1 N–H and O–H groups in total. The van der Waals surface area contributed by atoms with E-state index < -0.39 is 0 Å². The van der Waals surface area contributed by atoms with Crippen molar-refractivity contribution in [2.75, 3.05) is 18.4 Å². The number of pyridine rings is 2. The van der Waals surface area contributed by atoms with Crippen LogP contribution >= 0.6 is 0 Å². The van der Waals surface area contributed by atoms with Crippen LogP contribution in [0.5, 0.6) is 5.88 Å². The molecular formula is C21H21FN4O. The number of aromatic nitrogens is 2. The molecule has 27 heavy (non-hydrogen) atoms. The first-order valence-corrected chi connectivity index (χ1v) is 8.98. The molecule has 6 heteroatoms.